The van der Waals surface area contributed by atoms with Crippen LogP contribution in [0.2, 0.25) is 0 Å². The summed E-state index contributed by atoms with van der Waals surface area (Å²) in [5, 5.41) is 0. The van der Waals surface area contributed by atoms with Crippen molar-refractivity contribution in [2.24, 2.45) is 5.92 Å². The molecule has 0 aromatic heterocycles. The Morgan fingerprint density at radius 3 is 2.48 bits per heavy atom. The lowest BCUT2D eigenvalue weighted by Gasteiger charge is -2.13. The van der Waals surface area contributed by atoms with Crippen LogP contribution in [0.1, 0.15) is 36.2 Å². The maximum atomic E-state index is 12.3. The molecule has 0 radical (unpaired) electrons. The van der Waals surface area contributed by atoms with E-state index in [1.165, 1.54) is 7.11 Å². The molecule has 31 heavy (non-hydrogen) atoms. The minimum atomic E-state index is -0.479. The molecule has 0 unspecified atom stereocenters. The van der Waals surface area contributed by atoms with Crippen LogP contribution in [0, 0.1) is 5.92 Å². The predicted molar refractivity (Wildman–Crippen MR) is 116 cm³/mol. The van der Waals surface area contributed by atoms with Crippen molar-refractivity contribution < 1.29 is 28.5 Å². The third-order valence-corrected chi connectivity index (χ3v) is 4.33. The Balaban J connectivity index is 1.79. The van der Waals surface area contributed by atoms with Gasteiger partial charge in [-0.2, -0.15) is 0 Å². The first-order chi connectivity index (χ1) is 14.9. The summed E-state index contributed by atoms with van der Waals surface area (Å²) in [6.07, 6.45) is 0.914. The quantitative estimate of drug-likeness (QED) is 0.532. The highest BCUT2D eigenvalue weighted by atomic mass is 16.5. The number of nitrogens with one attached hydrogen (secondary N) is 2. The van der Waals surface area contributed by atoms with E-state index < -0.39 is 11.8 Å². The smallest absolute Gasteiger partial charge is 0.269 e. The average Bonchev–Trinajstić information content (AvgIpc) is 2.77. The van der Waals surface area contributed by atoms with Crippen molar-refractivity contribution in [3.05, 3.63) is 53.6 Å². The molecule has 2 aromatic carbocycles. The monoisotopic (exact) mass is 430 g/mol. The molecule has 0 aliphatic carbocycles. The van der Waals surface area contributed by atoms with Crippen molar-refractivity contribution >= 4 is 11.8 Å². The predicted octanol–water partition coefficient (Wildman–Crippen LogP) is 3.11. The van der Waals surface area contributed by atoms with Crippen LogP contribution in [0.25, 0.3) is 0 Å². The second kappa shape index (κ2) is 12.4. The lowest BCUT2D eigenvalue weighted by molar-refractivity contribution is -0.126. The van der Waals surface area contributed by atoms with Gasteiger partial charge in [0, 0.05) is 5.56 Å². The van der Waals surface area contributed by atoms with Gasteiger partial charge in [-0.3, -0.25) is 20.4 Å². The van der Waals surface area contributed by atoms with Gasteiger partial charge in [-0.25, -0.2) is 0 Å². The van der Waals surface area contributed by atoms with Crippen LogP contribution in [-0.4, -0.2) is 39.2 Å². The first-order valence-electron chi connectivity index (χ1n) is 10.0. The summed E-state index contributed by atoms with van der Waals surface area (Å²) >= 11 is 0. The largest absolute Gasteiger partial charge is 0.497 e. The van der Waals surface area contributed by atoms with Crippen molar-refractivity contribution in [1.82, 2.24) is 10.9 Å². The van der Waals surface area contributed by atoms with Gasteiger partial charge in [0.2, 0.25) is 0 Å². The number of benzene rings is 2. The van der Waals surface area contributed by atoms with Gasteiger partial charge in [-0.15, -0.1) is 0 Å². The normalized spacial score (nSPS) is 10.5. The maximum absolute atomic E-state index is 12.3. The number of ether oxygens (including phenoxy) is 4. The van der Waals surface area contributed by atoms with Gasteiger partial charge in [0.1, 0.15) is 12.4 Å². The molecule has 2 rings (SSSR count). The van der Waals surface area contributed by atoms with Crippen LogP contribution in [0.15, 0.2) is 42.5 Å². The Hall–Kier alpha value is -3.26. The summed E-state index contributed by atoms with van der Waals surface area (Å²) in [6.45, 7) is 4.83. The fourth-order valence-corrected chi connectivity index (χ4v) is 2.59. The molecule has 0 aliphatic rings. The number of rotatable bonds is 11. The Morgan fingerprint density at radius 1 is 0.968 bits per heavy atom. The number of hydrogen-bond acceptors (Lipinski definition) is 6. The molecule has 0 fully saturated rings. The van der Waals surface area contributed by atoms with Gasteiger partial charge in [0.15, 0.2) is 11.5 Å². The Morgan fingerprint density at radius 2 is 1.77 bits per heavy atom. The minimum Gasteiger partial charge on any atom is -0.497 e. The summed E-state index contributed by atoms with van der Waals surface area (Å²) in [7, 11) is 3.09. The van der Waals surface area contributed by atoms with Crippen molar-refractivity contribution in [3.8, 4) is 17.2 Å². The van der Waals surface area contributed by atoms with Gasteiger partial charge in [-0.05, 0) is 48.2 Å². The second-order valence-electron chi connectivity index (χ2n) is 7.24. The van der Waals surface area contributed by atoms with Crippen molar-refractivity contribution in [1.29, 1.82) is 0 Å². The molecule has 2 N–H and O–H groups in total. The number of carbonyl (C=O) groups excluding carboxylic acids is 2. The van der Waals surface area contributed by atoms with Crippen LogP contribution < -0.4 is 25.1 Å². The van der Waals surface area contributed by atoms with E-state index in [1.807, 2.05) is 24.3 Å². The zero-order valence-corrected chi connectivity index (χ0v) is 18.4. The molecular formula is C23H30N2O6. The first kappa shape index (κ1) is 24.0. The van der Waals surface area contributed by atoms with Crippen LogP contribution in [0.4, 0.5) is 0 Å². The lowest BCUT2D eigenvalue weighted by atomic mass is 10.1. The van der Waals surface area contributed by atoms with E-state index in [-0.39, 0.29) is 13.2 Å². The lowest BCUT2D eigenvalue weighted by Crippen LogP contribution is -2.43. The Kier molecular flexibility index (Phi) is 9.64. The number of amides is 2. The molecule has 2 amide bonds. The fraction of sp³-hybridized carbons (Fsp3) is 0.391. The maximum Gasteiger partial charge on any atom is 0.269 e. The second-order valence-corrected chi connectivity index (χ2v) is 7.24. The summed E-state index contributed by atoms with van der Waals surface area (Å²) in [4.78, 5) is 24.2. The van der Waals surface area contributed by atoms with E-state index in [0.29, 0.717) is 35.3 Å². The van der Waals surface area contributed by atoms with E-state index in [2.05, 4.69) is 24.7 Å². The zero-order valence-electron chi connectivity index (χ0n) is 18.4. The summed E-state index contributed by atoms with van der Waals surface area (Å²) in [5.74, 6) is 1.30. The van der Waals surface area contributed by atoms with E-state index in [1.54, 1.807) is 25.3 Å². The highest BCUT2D eigenvalue weighted by molar-refractivity contribution is 5.96. The molecule has 0 heterocycles. The highest BCUT2D eigenvalue weighted by Gasteiger charge is 2.12. The van der Waals surface area contributed by atoms with Crippen LogP contribution in [0.5, 0.6) is 17.2 Å². The molecule has 0 saturated heterocycles. The van der Waals surface area contributed by atoms with Crippen molar-refractivity contribution in [3.63, 3.8) is 0 Å². The topological polar surface area (TPSA) is 95.1 Å². The molecule has 2 aromatic rings. The Labute approximate surface area is 182 Å². The minimum absolute atomic E-state index is 0.205. The van der Waals surface area contributed by atoms with E-state index in [0.717, 1.165) is 12.0 Å². The van der Waals surface area contributed by atoms with Gasteiger partial charge in [0.05, 0.1) is 27.4 Å². The molecular weight excluding hydrogens is 400 g/mol. The number of carbonyl (C=O) groups is 2. The third kappa shape index (κ3) is 8.18. The molecule has 0 spiro atoms. The van der Waals surface area contributed by atoms with Crippen LogP contribution in [-0.2, 0) is 16.1 Å². The van der Waals surface area contributed by atoms with Gasteiger partial charge >= 0.3 is 0 Å². The average molecular weight is 431 g/mol. The first-order valence-corrected chi connectivity index (χ1v) is 10.0. The fourth-order valence-electron chi connectivity index (χ4n) is 2.59. The molecule has 0 saturated carbocycles. The van der Waals surface area contributed by atoms with E-state index >= 15 is 0 Å². The summed E-state index contributed by atoms with van der Waals surface area (Å²) in [5.41, 5.74) is 5.89. The summed E-state index contributed by atoms with van der Waals surface area (Å²) in [6, 6.07) is 12.2. The SMILES string of the molecule is COc1cccc(COCC(=O)NNC(=O)c2ccc(OCCC(C)C)c(OC)c2)c1. The molecule has 8 heteroatoms. The summed E-state index contributed by atoms with van der Waals surface area (Å²) < 4.78 is 21.5. The standard InChI is InChI=1S/C23H30N2O6/c1-16(2)10-11-31-20-9-8-18(13-21(20)29-4)23(27)25-24-22(26)15-30-14-17-6-5-7-19(12-17)28-3/h5-9,12-13,16H,10-11,14-15H2,1-4H3,(H,24,26)(H,25,27). The number of hydrogen-bond donors (Lipinski definition) is 2. The molecule has 8 nitrogen and oxygen atoms in total. The highest BCUT2D eigenvalue weighted by Crippen LogP contribution is 2.28. The van der Waals surface area contributed by atoms with Crippen LogP contribution in [0.3, 0.4) is 0 Å². The molecule has 0 aliphatic heterocycles. The van der Waals surface area contributed by atoms with Gasteiger partial charge < -0.3 is 18.9 Å². The Bertz CT molecular complexity index is 869. The van der Waals surface area contributed by atoms with Gasteiger partial charge in [-0.1, -0.05) is 26.0 Å². The van der Waals surface area contributed by atoms with Crippen molar-refractivity contribution in [2.45, 2.75) is 26.9 Å². The molecule has 168 valence electrons. The van der Waals surface area contributed by atoms with Crippen LogP contribution >= 0.6 is 0 Å². The molecule has 0 bridgehead atoms. The van der Waals surface area contributed by atoms with E-state index in [9.17, 15) is 9.59 Å². The number of methoxy groups -OCH3 is 2. The van der Waals surface area contributed by atoms with E-state index in [4.69, 9.17) is 18.9 Å². The zero-order chi connectivity index (χ0) is 22.6. The van der Waals surface area contributed by atoms with Gasteiger partial charge in [0.25, 0.3) is 11.8 Å². The molecule has 0 atom stereocenters. The third-order valence-electron chi connectivity index (χ3n) is 4.33. The van der Waals surface area contributed by atoms with Crippen molar-refractivity contribution in [2.75, 3.05) is 27.4 Å². The number of hydrazine groups is 1.